The summed E-state index contributed by atoms with van der Waals surface area (Å²) in [5.74, 6) is 0. The number of amides is 1. The molecule has 19 heavy (non-hydrogen) atoms. The topological polar surface area (TPSA) is 29.5 Å². The highest BCUT2D eigenvalue weighted by atomic mass is 16.6. The molecule has 3 heteroatoms. The Morgan fingerprint density at radius 2 is 2.26 bits per heavy atom. The van der Waals surface area contributed by atoms with Crippen LogP contribution in [-0.2, 0) is 11.2 Å². The average Bonchev–Trinajstić information content (AvgIpc) is 2.78. The number of aryl methyl sites for hydroxylation is 1. The molecule has 2 aliphatic rings. The van der Waals surface area contributed by atoms with Gasteiger partial charge in [-0.3, -0.25) is 0 Å². The molecule has 0 bridgehead atoms. The van der Waals surface area contributed by atoms with Crippen molar-refractivity contribution in [3.05, 3.63) is 40.5 Å². The Morgan fingerprint density at radius 3 is 3.05 bits per heavy atom. The van der Waals surface area contributed by atoms with Gasteiger partial charge in [-0.25, -0.2) is 4.79 Å². The van der Waals surface area contributed by atoms with Gasteiger partial charge >= 0.3 is 6.09 Å². The first kappa shape index (κ1) is 12.3. The van der Waals surface area contributed by atoms with Crippen molar-refractivity contribution in [3.63, 3.8) is 0 Å². The first-order valence-corrected chi connectivity index (χ1v) is 6.92. The van der Waals surface area contributed by atoms with Crippen molar-refractivity contribution in [1.82, 2.24) is 4.90 Å². The van der Waals surface area contributed by atoms with Crippen molar-refractivity contribution in [2.45, 2.75) is 26.7 Å². The van der Waals surface area contributed by atoms with Crippen LogP contribution in [-0.4, -0.2) is 30.7 Å². The van der Waals surface area contributed by atoms with Crippen LogP contribution in [0.3, 0.4) is 0 Å². The molecule has 0 N–H and O–H groups in total. The van der Waals surface area contributed by atoms with Crippen LogP contribution in [0.5, 0.6) is 0 Å². The third-order valence-electron chi connectivity index (χ3n) is 4.11. The summed E-state index contributed by atoms with van der Waals surface area (Å²) in [6.07, 6.45) is 1.85. The van der Waals surface area contributed by atoms with Crippen LogP contribution in [0, 0.1) is 6.92 Å². The molecule has 0 saturated carbocycles. The molecule has 0 spiro atoms. The van der Waals surface area contributed by atoms with E-state index >= 15 is 0 Å². The SMILES string of the molecule is CCOC(=O)N1CCC2=C(C1)c1cccc(C)c1C2. The van der Waals surface area contributed by atoms with Crippen molar-refractivity contribution < 1.29 is 9.53 Å². The number of nitrogens with zero attached hydrogens (tertiary/aromatic N) is 1. The van der Waals surface area contributed by atoms with Crippen molar-refractivity contribution in [2.75, 3.05) is 19.7 Å². The Balaban J connectivity index is 1.87. The summed E-state index contributed by atoms with van der Waals surface area (Å²) >= 11 is 0. The Labute approximate surface area is 113 Å². The van der Waals surface area contributed by atoms with Gasteiger partial charge in [0.1, 0.15) is 0 Å². The molecule has 0 fully saturated rings. The van der Waals surface area contributed by atoms with Crippen molar-refractivity contribution in [1.29, 1.82) is 0 Å². The molecule has 1 aromatic rings. The van der Waals surface area contributed by atoms with E-state index in [4.69, 9.17) is 4.74 Å². The van der Waals surface area contributed by atoms with E-state index in [1.807, 2.05) is 11.8 Å². The first-order chi connectivity index (χ1) is 9.20. The molecule has 3 rings (SSSR count). The third-order valence-corrected chi connectivity index (χ3v) is 4.11. The quantitative estimate of drug-likeness (QED) is 0.773. The van der Waals surface area contributed by atoms with Crippen LogP contribution >= 0.6 is 0 Å². The van der Waals surface area contributed by atoms with Crippen LogP contribution in [0.1, 0.15) is 30.0 Å². The first-order valence-electron chi connectivity index (χ1n) is 6.92. The van der Waals surface area contributed by atoms with Crippen LogP contribution in [0.25, 0.3) is 5.57 Å². The number of benzene rings is 1. The fraction of sp³-hybridized carbons (Fsp3) is 0.438. The summed E-state index contributed by atoms with van der Waals surface area (Å²) in [5.41, 5.74) is 6.99. The maximum atomic E-state index is 11.8. The molecule has 1 amide bonds. The smallest absolute Gasteiger partial charge is 0.410 e. The minimum atomic E-state index is -0.185. The summed E-state index contributed by atoms with van der Waals surface area (Å²) in [6, 6.07) is 6.45. The van der Waals surface area contributed by atoms with Crippen molar-refractivity contribution >= 4 is 11.7 Å². The lowest BCUT2D eigenvalue weighted by Crippen LogP contribution is -2.36. The molecule has 1 aromatic carbocycles. The second kappa shape index (κ2) is 4.72. The minimum absolute atomic E-state index is 0.185. The summed E-state index contributed by atoms with van der Waals surface area (Å²) in [5, 5.41) is 0. The highest BCUT2D eigenvalue weighted by molar-refractivity contribution is 5.82. The van der Waals surface area contributed by atoms with Gasteiger partial charge in [0.25, 0.3) is 0 Å². The van der Waals surface area contributed by atoms with E-state index < -0.39 is 0 Å². The minimum Gasteiger partial charge on any atom is -0.450 e. The second-order valence-corrected chi connectivity index (χ2v) is 5.23. The molecule has 0 unspecified atom stereocenters. The molecule has 3 nitrogen and oxygen atoms in total. The second-order valence-electron chi connectivity index (χ2n) is 5.23. The fourth-order valence-electron chi connectivity index (χ4n) is 3.08. The van der Waals surface area contributed by atoms with Crippen LogP contribution in [0.15, 0.2) is 23.8 Å². The highest BCUT2D eigenvalue weighted by Gasteiger charge is 2.30. The van der Waals surface area contributed by atoms with Gasteiger partial charge in [0.05, 0.1) is 6.61 Å². The maximum absolute atomic E-state index is 11.8. The zero-order chi connectivity index (χ0) is 13.4. The number of carbonyl (C=O) groups excluding carboxylic acids is 1. The Hall–Kier alpha value is -1.77. The monoisotopic (exact) mass is 257 g/mol. The standard InChI is InChI=1S/C16H19NO2/c1-3-19-16(18)17-8-7-12-9-14-11(2)5-4-6-13(14)15(12)10-17/h4-6H,3,7-10H2,1-2H3. The zero-order valence-corrected chi connectivity index (χ0v) is 11.5. The molecule has 0 radical (unpaired) electrons. The Morgan fingerprint density at radius 1 is 1.42 bits per heavy atom. The van der Waals surface area contributed by atoms with Crippen LogP contribution in [0.2, 0.25) is 0 Å². The normalized spacial score (nSPS) is 17.3. The van der Waals surface area contributed by atoms with Gasteiger partial charge in [0.2, 0.25) is 0 Å². The highest BCUT2D eigenvalue weighted by Crippen LogP contribution is 2.38. The van der Waals surface area contributed by atoms with E-state index in [2.05, 4.69) is 25.1 Å². The summed E-state index contributed by atoms with van der Waals surface area (Å²) in [7, 11) is 0. The molecule has 1 aliphatic heterocycles. The molecule has 1 heterocycles. The van der Waals surface area contributed by atoms with Gasteiger partial charge < -0.3 is 9.64 Å². The predicted molar refractivity (Wildman–Crippen MR) is 75.0 cm³/mol. The molecule has 100 valence electrons. The number of fused-ring (bicyclic) bond motifs is 2. The van der Waals surface area contributed by atoms with Gasteiger partial charge in [-0.15, -0.1) is 0 Å². The molecular weight excluding hydrogens is 238 g/mol. The molecule has 1 aliphatic carbocycles. The molecular formula is C16H19NO2. The van der Waals surface area contributed by atoms with Gasteiger partial charge in [-0.2, -0.15) is 0 Å². The Bertz CT molecular complexity index is 560. The van der Waals surface area contributed by atoms with E-state index in [0.29, 0.717) is 13.2 Å². The van der Waals surface area contributed by atoms with Crippen molar-refractivity contribution in [2.24, 2.45) is 0 Å². The predicted octanol–water partition coefficient (Wildman–Crippen LogP) is 3.17. The van der Waals surface area contributed by atoms with E-state index in [9.17, 15) is 4.79 Å². The molecule has 0 saturated heterocycles. The van der Waals surface area contributed by atoms with Crippen LogP contribution in [0.4, 0.5) is 4.79 Å². The number of hydrogen-bond acceptors (Lipinski definition) is 2. The van der Waals surface area contributed by atoms with Crippen LogP contribution < -0.4 is 0 Å². The summed E-state index contributed by atoms with van der Waals surface area (Å²) in [6.45, 7) is 5.94. The number of rotatable bonds is 1. The number of ether oxygens (including phenoxy) is 1. The van der Waals surface area contributed by atoms with Gasteiger partial charge in [0, 0.05) is 13.1 Å². The molecule has 0 atom stereocenters. The largest absolute Gasteiger partial charge is 0.450 e. The summed E-state index contributed by atoms with van der Waals surface area (Å²) < 4.78 is 5.11. The van der Waals surface area contributed by atoms with Gasteiger partial charge in [0.15, 0.2) is 0 Å². The maximum Gasteiger partial charge on any atom is 0.410 e. The van der Waals surface area contributed by atoms with Crippen molar-refractivity contribution in [3.8, 4) is 0 Å². The fourth-order valence-corrected chi connectivity index (χ4v) is 3.08. The van der Waals surface area contributed by atoms with E-state index in [1.54, 1.807) is 0 Å². The van der Waals surface area contributed by atoms with E-state index in [-0.39, 0.29) is 6.09 Å². The summed E-state index contributed by atoms with van der Waals surface area (Å²) in [4.78, 5) is 13.7. The number of carbonyl (C=O) groups is 1. The van der Waals surface area contributed by atoms with Gasteiger partial charge in [-0.1, -0.05) is 23.8 Å². The Kier molecular flexibility index (Phi) is 3.05. The number of hydrogen-bond donors (Lipinski definition) is 0. The van der Waals surface area contributed by atoms with E-state index in [0.717, 1.165) is 19.4 Å². The lowest BCUT2D eigenvalue weighted by molar-refractivity contribution is 0.111. The van der Waals surface area contributed by atoms with E-state index in [1.165, 1.54) is 27.8 Å². The third kappa shape index (κ3) is 2.03. The van der Waals surface area contributed by atoms with Gasteiger partial charge in [-0.05, 0) is 49.0 Å². The zero-order valence-electron chi connectivity index (χ0n) is 11.5. The lowest BCUT2D eigenvalue weighted by atomic mass is 10.00. The average molecular weight is 257 g/mol. The molecule has 0 aromatic heterocycles. The lowest BCUT2D eigenvalue weighted by Gasteiger charge is -2.27.